The van der Waals surface area contributed by atoms with Gasteiger partial charge in [0.05, 0.1) is 26.4 Å². The number of esters is 2. The molecule has 0 spiro atoms. The highest BCUT2D eigenvalue weighted by molar-refractivity contribution is 5.69. The summed E-state index contributed by atoms with van der Waals surface area (Å²) in [7, 11) is 0. The summed E-state index contributed by atoms with van der Waals surface area (Å²) >= 11 is 0. The fraction of sp³-hybridized carbons (Fsp3) is 0.953. The average molecular weight is 745 g/mol. The van der Waals surface area contributed by atoms with Gasteiger partial charge in [0.25, 0.3) is 0 Å². The Balaban J connectivity index is 3.53. The minimum absolute atomic E-state index is 0.0764. The lowest BCUT2D eigenvalue weighted by Crippen LogP contribution is -2.30. The lowest BCUT2D eigenvalue weighted by Gasteiger charge is -2.16. The Hall–Kier alpha value is -1.26. The molecule has 9 heteroatoms. The topological polar surface area (TPSA) is 132 Å². The first-order chi connectivity index (χ1) is 25.1. The fourth-order valence-corrected chi connectivity index (χ4v) is 6.17. The van der Waals surface area contributed by atoms with Gasteiger partial charge in [-0.15, -0.1) is 0 Å². The van der Waals surface area contributed by atoms with Gasteiger partial charge in [0.2, 0.25) is 0 Å². The SMILES string of the molecule is CC(C)CCCCCCCCCCCCCCC(=O)OCC(O)COCC(O)COCC(O)COC(=O)CCCCCCCCCCCCC(C)C. The van der Waals surface area contributed by atoms with Gasteiger partial charge in [-0.25, -0.2) is 0 Å². The van der Waals surface area contributed by atoms with Crippen LogP contribution < -0.4 is 0 Å². The van der Waals surface area contributed by atoms with Crippen molar-refractivity contribution < 1.29 is 43.9 Å². The van der Waals surface area contributed by atoms with Gasteiger partial charge in [-0.2, -0.15) is 0 Å². The quantitative estimate of drug-likeness (QED) is 0.0415. The number of aliphatic hydroxyl groups is 3. The van der Waals surface area contributed by atoms with Gasteiger partial charge in [-0.05, 0) is 24.7 Å². The largest absolute Gasteiger partial charge is 0.463 e. The number of aliphatic hydroxyl groups excluding tert-OH is 3. The molecule has 0 bridgehead atoms. The summed E-state index contributed by atoms with van der Waals surface area (Å²) in [5, 5.41) is 30.1. The van der Waals surface area contributed by atoms with Crippen molar-refractivity contribution in [2.75, 3.05) is 39.6 Å². The summed E-state index contributed by atoms with van der Waals surface area (Å²) in [5.74, 6) is 1.01. The Morgan fingerprint density at radius 2 is 0.596 bits per heavy atom. The van der Waals surface area contributed by atoms with E-state index in [4.69, 9.17) is 18.9 Å². The zero-order valence-electron chi connectivity index (χ0n) is 34.3. The summed E-state index contributed by atoms with van der Waals surface area (Å²) in [5.41, 5.74) is 0. The molecule has 0 aromatic rings. The maximum atomic E-state index is 12.0. The third-order valence-corrected chi connectivity index (χ3v) is 9.44. The molecule has 0 aromatic heterocycles. The van der Waals surface area contributed by atoms with E-state index in [9.17, 15) is 24.9 Å². The highest BCUT2D eigenvalue weighted by Gasteiger charge is 2.13. The van der Waals surface area contributed by atoms with Crippen LogP contribution in [-0.4, -0.2) is 85.2 Å². The van der Waals surface area contributed by atoms with Gasteiger partial charge >= 0.3 is 11.9 Å². The van der Waals surface area contributed by atoms with Crippen LogP contribution >= 0.6 is 0 Å². The van der Waals surface area contributed by atoms with Crippen LogP contribution in [0.15, 0.2) is 0 Å². The third-order valence-electron chi connectivity index (χ3n) is 9.44. The number of rotatable bonds is 40. The van der Waals surface area contributed by atoms with Gasteiger partial charge < -0.3 is 34.3 Å². The second kappa shape index (κ2) is 38.0. The van der Waals surface area contributed by atoms with Gasteiger partial charge in [0.1, 0.15) is 31.5 Å². The number of hydrogen-bond acceptors (Lipinski definition) is 9. The highest BCUT2D eigenvalue weighted by Crippen LogP contribution is 2.16. The molecule has 52 heavy (non-hydrogen) atoms. The molecule has 9 nitrogen and oxygen atoms in total. The van der Waals surface area contributed by atoms with Crippen LogP contribution in [0.3, 0.4) is 0 Å². The molecule has 0 saturated heterocycles. The van der Waals surface area contributed by atoms with Crippen molar-refractivity contribution in [1.82, 2.24) is 0 Å². The second-order valence-electron chi connectivity index (χ2n) is 16.0. The predicted octanol–water partition coefficient (Wildman–Crippen LogP) is 9.64. The van der Waals surface area contributed by atoms with Crippen molar-refractivity contribution in [1.29, 1.82) is 0 Å². The van der Waals surface area contributed by atoms with E-state index in [2.05, 4.69) is 27.7 Å². The molecule has 0 amide bonds. The Kier molecular flexibility index (Phi) is 37.1. The zero-order valence-corrected chi connectivity index (χ0v) is 34.3. The summed E-state index contributed by atoms with van der Waals surface area (Å²) in [4.78, 5) is 23.9. The monoisotopic (exact) mass is 745 g/mol. The van der Waals surface area contributed by atoms with Crippen molar-refractivity contribution in [3.63, 3.8) is 0 Å². The van der Waals surface area contributed by atoms with E-state index in [1.165, 1.54) is 116 Å². The first-order valence-electron chi connectivity index (χ1n) is 21.6. The maximum absolute atomic E-state index is 12.0. The van der Waals surface area contributed by atoms with Gasteiger partial charge in [-0.1, -0.05) is 169 Å². The molecule has 3 N–H and O–H groups in total. The van der Waals surface area contributed by atoms with Crippen molar-refractivity contribution in [2.45, 2.75) is 213 Å². The number of carbonyl (C=O) groups is 2. The summed E-state index contributed by atoms with van der Waals surface area (Å²) in [6.45, 7) is 8.55. The lowest BCUT2D eigenvalue weighted by atomic mass is 10.0. The number of carbonyl (C=O) groups excluding carboxylic acids is 2. The van der Waals surface area contributed by atoms with Crippen molar-refractivity contribution in [3.05, 3.63) is 0 Å². The molecule has 0 aliphatic rings. The van der Waals surface area contributed by atoms with E-state index in [1.54, 1.807) is 0 Å². The molecule has 0 rings (SSSR count). The standard InChI is InChI=1S/C43H84O9/c1-37(2)27-23-19-15-11-7-5-6-8-13-17-21-25-29-42(47)51-35-40(45)33-49-31-39(44)32-50-34-41(46)36-52-43(48)30-26-22-18-14-10-9-12-16-20-24-28-38(3)4/h37-41,44-46H,5-36H2,1-4H3. The molecule has 0 saturated carbocycles. The number of unbranched alkanes of at least 4 members (excludes halogenated alkanes) is 20. The molecular formula is C43H84O9. The van der Waals surface area contributed by atoms with Crippen molar-refractivity contribution in [2.24, 2.45) is 11.8 Å². The van der Waals surface area contributed by atoms with Crippen LogP contribution in [0.25, 0.3) is 0 Å². The summed E-state index contributed by atoms with van der Waals surface area (Å²) in [6, 6.07) is 0. The van der Waals surface area contributed by atoms with Crippen molar-refractivity contribution >= 4 is 11.9 Å². The van der Waals surface area contributed by atoms with Crippen LogP contribution in [0.5, 0.6) is 0 Å². The summed E-state index contributed by atoms with van der Waals surface area (Å²) < 4.78 is 20.9. The molecule has 0 fully saturated rings. The minimum Gasteiger partial charge on any atom is -0.463 e. The molecule has 0 heterocycles. The lowest BCUT2D eigenvalue weighted by molar-refractivity contribution is -0.148. The van der Waals surface area contributed by atoms with E-state index in [0.29, 0.717) is 12.8 Å². The predicted molar refractivity (Wildman–Crippen MR) is 211 cm³/mol. The Bertz CT molecular complexity index is 776. The smallest absolute Gasteiger partial charge is 0.305 e. The van der Waals surface area contributed by atoms with Crippen LogP contribution in [0.1, 0.15) is 195 Å². The van der Waals surface area contributed by atoms with Gasteiger partial charge in [0.15, 0.2) is 0 Å². The molecule has 0 aliphatic carbocycles. The maximum Gasteiger partial charge on any atom is 0.305 e. The van der Waals surface area contributed by atoms with Gasteiger partial charge in [-0.3, -0.25) is 9.59 Å². The zero-order chi connectivity index (χ0) is 38.5. The normalized spacial score (nSPS) is 13.5. The van der Waals surface area contributed by atoms with Crippen LogP contribution in [0, 0.1) is 11.8 Å². The van der Waals surface area contributed by atoms with E-state index in [-0.39, 0.29) is 51.6 Å². The van der Waals surface area contributed by atoms with Crippen LogP contribution in [0.2, 0.25) is 0 Å². The molecule has 0 aliphatic heterocycles. The van der Waals surface area contributed by atoms with E-state index in [1.807, 2.05) is 0 Å². The minimum atomic E-state index is -0.979. The Morgan fingerprint density at radius 1 is 0.365 bits per heavy atom. The van der Waals surface area contributed by atoms with E-state index < -0.39 is 18.3 Å². The number of hydrogen-bond donors (Lipinski definition) is 3. The van der Waals surface area contributed by atoms with Crippen LogP contribution in [0.4, 0.5) is 0 Å². The molecular weight excluding hydrogens is 660 g/mol. The molecule has 3 atom stereocenters. The molecule has 3 unspecified atom stereocenters. The second-order valence-corrected chi connectivity index (χ2v) is 16.0. The highest BCUT2D eigenvalue weighted by atomic mass is 16.6. The summed E-state index contributed by atoms with van der Waals surface area (Å²) in [6.07, 6.45) is 27.5. The van der Waals surface area contributed by atoms with E-state index >= 15 is 0 Å². The number of ether oxygens (including phenoxy) is 4. The van der Waals surface area contributed by atoms with Crippen LogP contribution in [-0.2, 0) is 28.5 Å². The van der Waals surface area contributed by atoms with E-state index in [0.717, 1.165) is 50.4 Å². The van der Waals surface area contributed by atoms with Gasteiger partial charge in [0, 0.05) is 12.8 Å². The Morgan fingerprint density at radius 3 is 0.865 bits per heavy atom. The first-order valence-corrected chi connectivity index (χ1v) is 21.6. The molecule has 0 radical (unpaired) electrons. The Labute approximate surface area is 319 Å². The third kappa shape index (κ3) is 39.9. The average Bonchev–Trinajstić information content (AvgIpc) is 3.10. The first kappa shape index (κ1) is 50.7. The molecule has 0 aromatic carbocycles. The van der Waals surface area contributed by atoms with Crippen molar-refractivity contribution in [3.8, 4) is 0 Å². The molecule has 310 valence electrons. The fourth-order valence-electron chi connectivity index (χ4n) is 6.17.